The molecule has 0 unspecified atom stereocenters. The first kappa shape index (κ1) is 28.1. The highest BCUT2D eigenvalue weighted by molar-refractivity contribution is 6.74. The Hall–Kier alpha value is -1.51. The fourth-order valence-electron chi connectivity index (χ4n) is 4.35. The maximum Gasteiger partial charge on any atom is 0.411 e. The number of hydrogen-bond donors (Lipinski definition) is 0. The number of ketones is 1. The predicted molar refractivity (Wildman–Crippen MR) is 136 cm³/mol. The van der Waals surface area contributed by atoms with Gasteiger partial charge in [-0.2, -0.15) is 0 Å². The van der Waals surface area contributed by atoms with Crippen molar-refractivity contribution in [3.63, 3.8) is 0 Å². The summed E-state index contributed by atoms with van der Waals surface area (Å²) >= 11 is 6.00. The van der Waals surface area contributed by atoms with Gasteiger partial charge >= 0.3 is 6.09 Å². The van der Waals surface area contributed by atoms with E-state index in [4.69, 9.17) is 20.8 Å². The van der Waals surface area contributed by atoms with E-state index in [1.807, 2.05) is 33.9 Å². The Morgan fingerprint density at radius 3 is 2.29 bits per heavy atom. The topological polar surface area (TPSA) is 55.8 Å². The van der Waals surface area contributed by atoms with Gasteiger partial charge in [-0.05, 0) is 63.4 Å². The van der Waals surface area contributed by atoms with E-state index in [-0.39, 0.29) is 28.8 Å². The molecule has 1 saturated carbocycles. The van der Waals surface area contributed by atoms with Crippen LogP contribution in [0.15, 0.2) is 18.2 Å². The molecule has 0 spiro atoms. The molecule has 35 heavy (non-hydrogen) atoms. The van der Waals surface area contributed by atoms with Gasteiger partial charge in [-0.1, -0.05) is 44.5 Å². The molecule has 2 aliphatic rings. The summed E-state index contributed by atoms with van der Waals surface area (Å²) in [5.74, 6) is -0.885. The smallest absolute Gasteiger partial charge is 0.411 e. The molecule has 1 aliphatic carbocycles. The van der Waals surface area contributed by atoms with Crippen LogP contribution in [0.3, 0.4) is 0 Å². The van der Waals surface area contributed by atoms with Crippen LogP contribution in [0.5, 0.6) is 0 Å². The Kier molecular flexibility index (Phi) is 7.55. The fraction of sp³-hybridized carbons (Fsp3) is 0.692. The van der Waals surface area contributed by atoms with E-state index in [2.05, 4.69) is 0 Å². The quantitative estimate of drug-likeness (QED) is 0.379. The van der Waals surface area contributed by atoms with Gasteiger partial charge in [-0.15, -0.1) is 0 Å². The first-order valence-corrected chi connectivity index (χ1v) is 15.5. The Balaban J connectivity index is 1.95. The highest BCUT2D eigenvalue weighted by atomic mass is 35.5. The summed E-state index contributed by atoms with van der Waals surface area (Å²) in [5, 5.41) is -0.221. The van der Waals surface area contributed by atoms with Crippen molar-refractivity contribution in [1.29, 1.82) is 0 Å². The van der Waals surface area contributed by atoms with E-state index in [9.17, 15) is 14.0 Å². The second kappa shape index (κ2) is 9.42. The van der Waals surface area contributed by atoms with E-state index in [0.717, 1.165) is 0 Å². The highest BCUT2D eigenvalue weighted by Crippen LogP contribution is 2.53. The number of carbonyl (C=O) groups is 2. The number of carbonyl (C=O) groups excluding carboxylic acids is 2. The lowest BCUT2D eigenvalue weighted by Crippen LogP contribution is -2.53. The Morgan fingerprint density at radius 2 is 1.77 bits per heavy atom. The molecule has 5 nitrogen and oxygen atoms in total. The molecule has 1 aromatic rings. The van der Waals surface area contributed by atoms with Crippen LogP contribution in [0.25, 0.3) is 0 Å². The van der Waals surface area contributed by atoms with Crippen LogP contribution in [0.4, 0.5) is 13.6 Å². The summed E-state index contributed by atoms with van der Waals surface area (Å²) in [7, 11) is -2.48. The van der Waals surface area contributed by atoms with Gasteiger partial charge in [-0.3, -0.25) is 9.69 Å². The van der Waals surface area contributed by atoms with E-state index in [1.165, 1.54) is 11.0 Å². The molecular formula is C26H38ClF2NO4Si. The van der Waals surface area contributed by atoms with Crippen LogP contribution >= 0.6 is 11.6 Å². The zero-order valence-corrected chi connectivity index (χ0v) is 23.8. The van der Waals surface area contributed by atoms with Gasteiger partial charge in [0.1, 0.15) is 29.7 Å². The van der Waals surface area contributed by atoms with Gasteiger partial charge in [0.05, 0.1) is 11.6 Å². The number of amides is 1. The number of ether oxygens (including phenoxy) is 1. The molecule has 0 bridgehead atoms. The number of Topliss-reactive ketones (excluding diaryl/α,β-unsaturated/α-hetero) is 1. The lowest BCUT2D eigenvalue weighted by molar-refractivity contribution is -0.126. The van der Waals surface area contributed by atoms with Crippen LogP contribution < -0.4 is 0 Å². The molecule has 0 aromatic heterocycles. The Labute approximate surface area is 213 Å². The number of benzene rings is 1. The largest absolute Gasteiger partial charge is 0.444 e. The molecule has 1 saturated heterocycles. The van der Waals surface area contributed by atoms with Crippen LogP contribution in [0, 0.1) is 5.82 Å². The van der Waals surface area contributed by atoms with Crippen molar-refractivity contribution >= 4 is 31.8 Å². The second-order valence-electron chi connectivity index (χ2n) is 12.5. The monoisotopic (exact) mass is 529 g/mol. The number of hydrogen-bond acceptors (Lipinski definition) is 4. The van der Waals surface area contributed by atoms with Gasteiger partial charge in [0.2, 0.25) is 0 Å². The third-order valence-corrected chi connectivity index (χ3v) is 12.2. The molecule has 3 atom stereocenters. The maximum atomic E-state index is 15.5. The SMILES string of the molecule is CC(C)(C)OC(=O)N1C[C@H](F)[C@@H](O[Si](C)(C)C(C)(C)C)[C@H]1C(=O)CC1(c2cccc(Cl)c2F)CC1. The zero-order valence-electron chi connectivity index (χ0n) is 22.0. The minimum absolute atomic E-state index is 0.000399. The first-order valence-electron chi connectivity index (χ1n) is 12.2. The van der Waals surface area contributed by atoms with Gasteiger partial charge in [0, 0.05) is 11.8 Å². The molecule has 0 N–H and O–H groups in total. The summed E-state index contributed by atoms with van der Waals surface area (Å²) in [6.45, 7) is 14.9. The summed E-state index contributed by atoms with van der Waals surface area (Å²) in [6, 6.07) is 3.63. The lowest BCUT2D eigenvalue weighted by Gasteiger charge is -2.40. The molecular weight excluding hydrogens is 492 g/mol. The molecule has 9 heteroatoms. The second-order valence-corrected chi connectivity index (χ2v) is 17.6. The molecule has 1 heterocycles. The van der Waals surface area contributed by atoms with Crippen LogP contribution in [-0.2, 0) is 19.4 Å². The average Bonchev–Trinajstić information content (AvgIpc) is 3.38. The maximum absolute atomic E-state index is 15.5. The van der Waals surface area contributed by atoms with E-state index >= 15 is 4.39 Å². The van der Waals surface area contributed by atoms with E-state index < -0.39 is 49.6 Å². The molecule has 0 radical (unpaired) electrons. The van der Waals surface area contributed by atoms with Gasteiger partial charge in [0.15, 0.2) is 14.1 Å². The minimum atomic E-state index is -2.48. The molecule has 196 valence electrons. The molecule has 1 aliphatic heterocycles. The molecule has 1 aromatic carbocycles. The average molecular weight is 530 g/mol. The number of nitrogens with zero attached hydrogens (tertiary/aromatic N) is 1. The lowest BCUT2D eigenvalue weighted by atomic mass is 9.87. The van der Waals surface area contributed by atoms with Crippen molar-refractivity contribution in [1.82, 2.24) is 4.90 Å². The first-order chi connectivity index (χ1) is 15.9. The van der Waals surface area contributed by atoms with Crippen molar-refractivity contribution in [2.75, 3.05) is 6.54 Å². The number of alkyl halides is 1. The van der Waals surface area contributed by atoms with Crippen molar-refractivity contribution < 1.29 is 27.5 Å². The molecule has 3 rings (SSSR count). The Bertz CT molecular complexity index is 985. The normalized spacial score (nSPS) is 24.4. The fourth-order valence-corrected chi connectivity index (χ4v) is 5.83. The standard InChI is InChI=1S/C26H38ClF2NO4Si/c1-24(2,3)33-23(32)30-15-18(28)22(34-35(7,8)25(4,5)6)21(30)19(31)14-26(12-13-26)16-10-9-11-17(27)20(16)29/h9-11,18,21-22H,12-15H2,1-8H3/t18-,21+,22+/m0/s1. The summed E-state index contributed by atoms with van der Waals surface area (Å²) in [4.78, 5) is 28.0. The number of halogens is 3. The van der Waals surface area contributed by atoms with Crippen molar-refractivity contribution in [2.24, 2.45) is 0 Å². The van der Waals surface area contributed by atoms with Crippen LogP contribution in [-0.4, -0.2) is 55.6 Å². The Morgan fingerprint density at radius 1 is 1.17 bits per heavy atom. The van der Waals surface area contributed by atoms with Gasteiger partial charge in [-0.25, -0.2) is 13.6 Å². The van der Waals surface area contributed by atoms with E-state index in [1.54, 1.807) is 32.9 Å². The zero-order chi connectivity index (χ0) is 26.6. The molecule has 1 amide bonds. The van der Waals surface area contributed by atoms with Gasteiger partial charge in [0.25, 0.3) is 0 Å². The summed E-state index contributed by atoms with van der Waals surface area (Å²) in [5.41, 5.74) is -1.13. The van der Waals surface area contributed by atoms with Crippen molar-refractivity contribution in [3.05, 3.63) is 34.6 Å². The summed E-state index contributed by atoms with van der Waals surface area (Å²) in [6.07, 6.45) is -2.19. The van der Waals surface area contributed by atoms with Crippen molar-refractivity contribution in [3.8, 4) is 0 Å². The third-order valence-electron chi connectivity index (χ3n) is 7.46. The third kappa shape index (κ3) is 5.91. The summed E-state index contributed by atoms with van der Waals surface area (Å²) < 4.78 is 42.2. The minimum Gasteiger partial charge on any atom is -0.444 e. The molecule has 2 fully saturated rings. The predicted octanol–water partition coefficient (Wildman–Crippen LogP) is 6.82. The van der Waals surface area contributed by atoms with Crippen LogP contribution in [0.1, 0.15) is 66.4 Å². The highest BCUT2D eigenvalue weighted by Gasteiger charge is 2.56. The van der Waals surface area contributed by atoms with Crippen molar-refractivity contribution in [2.45, 2.75) is 108 Å². The van der Waals surface area contributed by atoms with E-state index in [0.29, 0.717) is 18.4 Å². The van der Waals surface area contributed by atoms with Gasteiger partial charge < -0.3 is 9.16 Å². The number of likely N-dealkylation sites (tertiary alicyclic amines) is 1. The number of rotatable bonds is 6. The van der Waals surface area contributed by atoms with Crippen LogP contribution in [0.2, 0.25) is 23.2 Å².